The molecule has 4 nitrogen and oxygen atoms in total. The molecule has 0 radical (unpaired) electrons. The predicted octanol–water partition coefficient (Wildman–Crippen LogP) is 3.60. The Morgan fingerprint density at radius 2 is 1.56 bits per heavy atom. The maximum atomic E-state index is 13.0. The van der Waals surface area contributed by atoms with Crippen LogP contribution >= 0.6 is 0 Å². The summed E-state index contributed by atoms with van der Waals surface area (Å²) in [6, 6.07) is 7.58. The highest BCUT2D eigenvalue weighted by molar-refractivity contribution is 5.79. The van der Waals surface area contributed by atoms with Gasteiger partial charge in [-0.1, -0.05) is 0 Å². The third-order valence-corrected chi connectivity index (χ3v) is 6.64. The summed E-state index contributed by atoms with van der Waals surface area (Å²) >= 11 is 0. The minimum Gasteiger partial charge on any atom is -0.497 e. The van der Waals surface area contributed by atoms with Crippen molar-refractivity contribution in [1.82, 2.24) is 4.90 Å². The Bertz CT molecular complexity index is 584. The number of likely N-dealkylation sites (N-methyl/N-ethyl adjacent to an activating group) is 1. The quantitative estimate of drug-likeness (QED) is 0.792. The molecular weight excluding hydrogens is 314 g/mol. The minimum atomic E-state index is 0.277. The van der Waals surface area contributed by atoms with Crippen LogP contribution in [0, 0.1) is 29.6 Å². The average molecular weight is 343 g/mol. The summed E-state index contributed by atoms with van der Waals surface area (Å²) < 4.78 is 10.9. The fourth-order valence-corrected chi connectivity index (χ4v) is 5.67. The Morgan fingerprint density at radius 1 is 1.00 bits per heavy atom. The van der Waals surface area contributed by atoms with E-state index in [1.165, 1.54) is 32.1 Å². The molecule has 1 aromatic rings. The molecule has 25 heavy (non-hydrogen) atoms. The van der Waals surface area contributed by atoms with E-state index in [1.54, 1.807) is 7.11 Å². The Kier molecular flexibility index (Phi) is 4.61. The lowest BCUT2D eigenvalue weighted by molar-refractivity contribution is -0.148. The number of rotatable bonds is 6. The number of carbonyl (C=O) groups is 1. The van der Waals surface area contributed by atoms with Crippen LogP contribution in [0.2, 0.25) is 0 Å². The van der Waals surface area contributed by atoms with Gasteiger partial charge in [0.2, 0.25) is 5.91 Å². The van der Waals surface area contributed by atoms with Crippen LogP contribution in [0.1, 0.15) is 32.1 Å². The number of methoxy groups -OCH3 is 1. The molecule has 4 heteroatoms. The highest BCUT2D eigenvalue weighted by Crippen LogP contribution is 2.56. The number of hydrogen-bond acceptors (Lipinski definition) is 3. The van der Waals surface area contributed by atoms with E-state index < -0.39 is 0 Å². The van der Waals surface area contributed by atoms with Gasteiger partial charge in [0, 0.05) is 13.0 Å². The van der Waals surface area contributed by atoms with Crippen molar-refractivity contribution in [2.45, 2.75) is 32.1 Å². The van der Waals surface area contributed by atoms with Gasteiger partial charge in [0.25, 0.3) is 0 Å². The molecule has 4 aliphatic rings. The lowest BCUT2D eigenvalue weighted by atomic mass is 9.51. The smallest absolute Gasteiger partial charge is 0.226 e. The Balaban J connectivity index is 1.29. The molecule has 0 aromatic heterocycles. The van der Waals surface area contributed by atoms with Gasteiger partial charge in [-0.25, -0.2) is 0 Å². The van der Waals surface area contributed by atoms with Crippen molar-refractivity contribution in [2.24, 2.45) is 29.6 Å². The average Bonchev–Trinajstić information content (AvgIpc) is 2.61. The molecule has 0 saturated heterocycles. The first-order chi connectivity index (χ1) is 12.1. The minimum absolute atomic E-state index is 0.277. The number of hydrogen-bond donors (Lipinski definition) is 0. The maximum absolute atomic E-state index is 13.0. The summed E-state index contributed by atoms with van der Waals surface area (Å²) in [5.74, 6) is 5.39. The van der Waals surface area contributed by atoms with Crippen LogP contribution < -0.4 is 9.47 Å². The molecule has 4 bridgehead atoms. The second-order valence-electron chi connectivity index (χ2n) is 8.24. The molecule has 1 aromatic carbocycles. The van der Waals surface area contributed by atoms with Crippen molar-refractivity contribution in [2.75, 3.05) is 27.3 Å². The summed E-state index contributed by atoms with van der Waals surface area (Å²) in [6.45, 7) is 1.18. The van der Waals surface area contributed by atoms with Gasteiger partial charge in [-0.2, -0.15) is 0 Å². The molecule has 4 aliphatic carbocycles. The van der Waals surface area contributed by atoms with E-state index in [4.69, 9.17) is 9.47 Å². The van der Waals surface area contributed by atoms with Crippen molar-refractivity contribution < 1.29 is 14.3 Å². The number of carbonyl (C=O) groups excluding carboxylic acids is 1. The third-order valence-electron chi connectivity index (χ3n) is 6.64. The van der Waals surface area contributed by atoms with Crippen molar-refractivity contribution >= 4 is 5.91 Å². The molecule has 0 spiro atoms. The van der Waals surface area contributed by atoms with E-state index in [2.05, 4.69) is 0 Å². The molecule has 0 heterocycles. The van der Waals surface area contributed by atoms with Crippen molar-refractivity contribution in [3.8, 4) is 11.5 Å². The van der Waals surface area contributed by atoms with Gasteiger partial charge in [-0.05, 0) is 80.0 Å². The summed E-state index contributed by atoms with van der Waals surface area (Å²) in [6.07, 6.45) is 6.60. The predicted molar refractivity (Wildman–Crippen MR) is 96.7 cm³/mol. The van der Waals surface area contributed by atoms with Crippen LogP contribution in [0.15, 0.2) is 24.3 Å². The van der Waals surface area contributed by atoms with E-state index in [0.717, 1.165) is 23.3 Å². The Labute approximate surface area is 150 Å². The van der Waals surface area contributed by atoms with Gasteiger partial charge in [0.1, 0.15) is 18.1 Å². The highest BCUT2D eigenvalue weighted by atomic mass is 16.5. The molecule has 136 valence electrons. The zero-order chi connectivity index (χ0) is 17.4. The van der Waals surface area contributed by atoms with Gasteiger partial charge < -0.3 is 14.4 Å². The van der Waals surface area contributed by atoms with Crippen LogP contribution in [-0.4, -0.2) is 38.1 Å². The molecule has 4 fully saturated rings. The second-order valence-corrected chi connectivity index (χ2v) is 8.24. The maximum Gasteiger partial charge on any atom is 0.226 e. The first-order valence-electron chi connectivity index (χ1n) is 9.66. The summed E-state index contributed by atoms with van der Waals surface area (Å²) in [4.78, 5) is 14.9. The van der Waals surface area contributed by atoms with Crippen molar-refractivity contribution in [3.05, 3.63) is 24.3 Å². The van der Waals surface area contributed by atoms with E-state index in [0.29, 0.717) is 30.9 Å². The third kappa shape index (κ3) is 3.36. The van der Waals surface area contributed by atoms with Gasteiger partial charge in [0.15, 0.2) is 0 Å². The van der Waals surface area contributed by atoms with Crippen LogP contribution in [0.3, 0.4) is 0 Å². The lowest BCUT2D eigenvalue weighted by Crippen LogP contribution is -2.51. The molecule has 0 atom stereocenters. The Hall–Kier alpha value is -1.71. The molecule has 0 N–H and O–H groups in total. The van der Waals surface area contributed by atoms with Gasteiger partial charge in [0.05, 0.1) is 13.7 Å². The summed E-state index contributed by atoms with van der Waals surface area (Å²) in [5, 5.41) is 0. The molecule has 0 unspecified atom stereocenters. The van der Waals surface area contributed by atoms with E-state index in [-0.39, 0.29) is 5.92 Å². The van der Waals surface area contributed by atoms with E-state index >= 15 is 0 Å². The lowest BCUT2D eigenvalue weighted by Gasteiger charge is -2.54. The standard InChI is InChI=1S/C21H29NO3/c1-22(7-8-25-19-5-3-18(24-2)4-6-19)21(23)20-16-10-14-9-15(12-16)13-17(20)11-14/h3-6,14-17,20H,7-13H2,1-2H3. The largest absolute Gasteiger partial charge is 0.497 e. The SMILES string of the molecule is COc1ccc(OCCN(C)C(=O)C2C3CC4CC(C3)CC2C4)cc1. The van der Waals surface area contributed by atoms with E-state index in [1.807, 2.05) is 36.2 Å². The van der Waals surface area contributed by atoms with Crippen molar-refractivity contribution in [3.63, 3.8) is 0 Å². The molecular formula is C21H29NO3. The normalized spacial score (nSPS) is 32.5. The monoisotopic (exact) mass is 343 g/mol. The zero-order valence-corrected chi connectivity index (χ0v) is 15.3. The zero-order valence-electron chi connectivity index (χ0n) is 15.3. The fraction of sp³-hybridized carbons (Fsp3) is 0.667. The first kappa shape index (κ1) is 16.7. The second kappa shape index (κ2) is 6.89. The van der Waals surface area contributed by atoms with Crippen LogP contribution in [0.4, 0.5) is 0 Å². The summed E-state index contributed by atoms with van der Waals surface area (Å²) in [7, 11) is 3.59. The number of benzene rings is 1. The van der Waals surface area contributed by atoms with Crippen molar-refractivity contribution in [1.29, 1.82) is 0 Å². The Morgan fingerprint density at radius 3 is 2.12 bits per heavy atom. The first-order valence-corrected chi connectivity index (χ1v) is 9.66. The highest BCUT2D eigenvalue weighted by Gasteiger charge is 2.51. The van der Waals surface area contributed by atoms with Gasteiger partial charge in [-0.3, -0.25) is 4.79 Å². The molecule has 4 saturated carbocycles. The molecule has 1 amide bonds. The van der Waals surface area contributed by atoms with Crippen LogP contribution in [0.25, 0.3) is 0 Å². The number of amides is 1. The van der Waals surface area contributed by atoms with Crippen LogP contribution in [0.5, 0.6) is 11.5 Å². The molecule has 5 rings (SSSR count). The number of nitrogens with zero attached hydrogens (tertiary/aromatic N) is 1. The number of ether oxygens (including phenoxy) is 2. The summed E-state index contributed by atoms with van der Waals surface area (Å²) in [5.41, 5.74) is 0. The fourth-order valence-electron chi connectivity index (χ4n) is 5.67. The molecule has 0 aliphatic heterocycles. The van der Waals surface area contributed by atoms with Crippen LogP contribution in [-0.2, 0) is 4.79 Å². The topological polar surface area (TPSA) is 38.8 Å². The van der Waals surface area contributed by atoms with E-state index in [9.17, 15) is 4.79 Å². The van der Waals surface area contributed by atoms with Gasteiger partial charge in [-0.15, -0.1) is 0 Å². The van der Waals surface area contributed by atoms with Gasteiger partial charge >= 0.3 is 0 Å².